The van der Waals surface area contributed by atoms with Gasteiger partial charge in [-0.15, -0.1) is 0 Å². The highest BCUT2D eigenvalue weighted by Crippen LogP contribution is 2.32. The van der Waals surface area contributed by atoms with Gasteiger partial charge in [0.15, 0.2) is 5.13 Å². The first-order chi connectivity index (χ1) is 19.7. The molecule has 2 aromatic heterocycles. The molecule has 0 spiro atoms. The van der Waals surface area contributed by atoms with Gasteiger partial charge < -0.3 is 9.64 Å². The number of rotatable bonds is 7. The number of amides is 2. The lowest BCUT2D eigenvalue weighted by molar-refractivity contribution is 0.0933. The SMILES string of the molecule is CCOC(=O)N1CCN(S(=O)(=O)c2ccc(C(=O)N(Cc3cccnc3)c3nc4cc(C)c(C)cc4s3)cc2)CC1. The monoisotopic (exact) mass is 593 g/mol. The number of aromatic nitrogens is 2. The molecule has 1 aliphatic heterocycles. The summed E-state index contributed by atoms with van der Waals surface area (Å²) >= 11 is 1.44. The Morgan fingerprint density at radius 2 is 1.73 bits per heavy atom. The number of anilines is 1. The number of fused-ring (bicyclic) bond motifs is 1. The maximum Gasteiger partial charge on any atom is 0.409 e. The molecule has 0 N–H and O–H groups in total. The number of pyridine rings is 1. The summed E-state index contributed by atoms with van der Waals surface area (Å²) in [5.41, 5.74) is 4.28. The van der Waals surface area contributed by atoms with Crippen LogP contribution in [-0.4, -0.2) is 72.4 Å². The second-order valence-electron chi connectivity index (χ2n) is 9.77. The largest absolute Gasteiger partial charge is 0.450 e. The summed E-state index contributed by atoms with van der Waals surface area (Å²) < 4.78 is 33.9. The van der Waals surface area contributed by atoms with E-state index in [1.54, 1.807) is 24.2 Å². The predicted octanol–water partition coefficient (Wildman–Crippen LogP) is 4.62. The van der Waals surface area contributed by atoms with Crippen molar-refractivity contribution < 1.29 is 22.7 Å². The van der Waals surface area contributed by atoms with E-state index in [0.29, 0.717) is 10.7 Å². The highest BCUT2D eigenvalue weighted by Gasteiger charge is 2.31. The fourth-order valence-electron chi connectivity index (χ4n) is 4.58. The molecule has 0 bridgehead atoms. The van der Waals surface area contributed by atoms with Crippen LogP contribution in [0.2, 0.25) is 0 Å². The maximum absolute atomic E-state index is 13.8. The van der Waals surface area contributed by atoms with Gasteiger partial charge >= 0.3 is 6.09 Å². The summed E-state index contributed by atoms with van der Waals surface area (Å²) in [4.78, 5) is 37.9. The van der Waals surface area contributed by atoms with Crippen LogP contribution >= 0.6 is 11.3 Å². The number of piperazine rings is 1. The Hall–Kier alpha value is -3.87. The van der Waals surface area contributed by atoms with Crippen molar-refractivity contribution in [3.63, 3.8) is 0 Å². The van der Waals surface area contributed by atoms with Crippen molar-refractivity contribution in [2.45, 2.75) is 32.2 Å². The first-order valence-electron chi connectivity index (χ1n) is 13.3. The first kappa shape index (κ1) is 28.7. The van der Waals surface area contributed by atoms with Crippen LogP contribution in [0.3, 0.4) is 0 Å². The fourth-order valence-corrected chi connectivity index (χ4v) is 7.05. The molecule has 2 amide bonds. The van der Waals surface area contributed by atoms with Crippen LogP contribution in [0.15, 0.2) is 65.8 Å². The number of thiazole rings is 1. The average molecular weight is 594 g/mol. The van der Waals surface area contributed by atoms with Gasteiger partial charge in [-0.2, -0.15) is 4.31 Å². The van der Waals surface area contributed by atoms with Crippen molar-refractivity contribution in [3.05, 3.63) is 83.2 Å². The van der Waals surface area contributed by atoms with Gasteiger partial charge in [-0.1, -0.05) is 17.4 Å². The Kier molecular flexibility index (Phi) is 8.34. The molecule has 0 radical (unpaired) electrons. The molecule has 1 saturated heterocycles. The number of hydrogen-bond acceptors (Lipinski definition) is 8. The van der Waals surface area contributed by atoms with Gasteiger partial charge in [-0.25, -0.2) is 18.2 Å². The molecule has 5 rings (SSSR count). The molecule has 2 aromatic carbocycles. The van der Waals surface area contributed by atoms with Gasteiger partial charge in [0.05, 0.1) is 28.3 Å². The topological polar surface area (TPSA) is 113 Å². The summed E-state index contributed by atoms with van der Waals surface area (Å²) in [5.74, 6) is -0.298. The minimum atomic E-state index is -3.80. The van der Waals surface area contributed by atoms with Gasteiger partial charge in [-0.3, -0.25) is 14.7 Å². The molecule has 12 heteroatoms. The van der Waals surface area contributed by atoms with Gasteiger partial charge in [-0.05, 0) is 79.9 Å². The minimum absolute atomic E-state index is 0.0865. The lowest BCUT2D eigenvalue weighted by Gasteiger charge is -2.33. The summed E-state index contributed by atoms with van der Waals surface area (Å²) in [6.07, 6.45) is 2.94. The van der Waals surface area contributed by atoms with Crippen LogP contribution in [0.4, 0.5) is 9.93 Å². The average Bonchev–Trinajstić information content (AvgIpc) is 3.38. The van der Waals surface area contributed by atoms with E-state index in [-0.39, 0.29) is 50.1 Å². The number of nitrogens with zero attached hydrogens (tertiary/aromatic N) is 5. The molecule has 3 heterocycles. The standard InChI is InChI=1S/C29H31N5O5S2/c1-4-39-29(36)32-12-14-33(15-13-32)41(37,38)24-9-7-23(8-10-24)27(35)34(19-22-6-5-11-30-18-22)28-31-25-16-20(2)21(3)17-26(25)40-28/h5-11,16-18H,4,12-15,19H2,1-3H3. The maximum atomic E-state index is 13.8. The normalized spacial score (nSPS) is 14.3. The first-order valence-corrected chi connectivity index (χ1v) is 15.5. The number of ether oxygens (including phenoxy) is 1. The van der Waals surface area contributed by atoms with E-state index in [0.717, 1.165) is 26.9 Å². The molecule has 1 fully saturated rings. The molecule has 0 atom stereocenters. The molecular weight excluding hydrogens is 562 g/mol. The van der Waals surface area contributed by atoms with Gasteiger partial charge in [0.2, 0.25) is 10.0 Å². The van der Waals surface area contributed by atoms with Crippen molar-refractivity contribution in [2.75, 3.05) is 37.7 Å². The zero-order valence-electron chi connectivity index (χ0n) is 23.1. The Labute approximate surface area is 243 Å². The molecule has 0 saturated carbocycles. The van der Waals surface area contributed by atoms with E-state index in [1.165, 1.54) is 44.8 Å². The molecule has 214 valence electrons. The molecule has 4 aromatic rings. The zero-order valence-corrected chi connectivity index (χ0v) is 24.7. The van der Waals surface area contributed by atoms with E-state index in [4.69, 9.17) is 9.72 Å². The van der Waals surface area contributed by atoms with Crippen molar-refractivity contribution in [1.82, 2.24) is 19.2 Å². The Bertz CT molecular complexity index is 1630. The summed E-state index contributed by atoms with van der Waals surface area (Å²) in [6.45, 7) is 7.15. The van der Waals surface area contributed by atoms with E-state index in [2.05, 4.69) is 11.1 Å². The van der Waals surface area contributed by atoms with Crippen LogP contribution in [0.25, 0.3) is 10.2 Å². The van der Waals surface area contributed by atoms with E-state index in [9.17, 15) is 18.0 Å². The number of benzene rings is 2. The van der Waals surface area contributed by atoms with E-state index in [1.807, 2.05) is 32.0 Å². The van der Waals surface area contributed by atoms with Crippen LogP contribution in [0.1, 0.15) is 34.0 Å². The third kappa shape index (κ3) is 6.09. The Morgan fingerprint density at radius 1 is 1.02 bits per heavy atom. The third-order valence-corrected chi connectivity index (χ3v) is 9.99. The molecule has 0 unspecified atom stereocenters. The summed E-state index contributed by atoms with van der Waals surface area (Å²) in [6, 6.07) is 13.8. The van der Waals surface area contributed by atoms with E-state index < -0.39 is 16.1 Å². The van der Waals surface area contributed by atoms with Gasteiger partial charge in [0.1, 0.15) is 0 Å². The summed E-state index contributed by atoms with van der Waals surface area (Å²) in [7, 11) is -3.80. The Balaban J connectivity index is 1.38. The number of sulfonamides is 1. The van der Waals surface area contributed by atoms with Crippen LogP contribution in [0.5, 0.6) is 0 Å². The lowest BCUT2D eigenvalue weighted by Crippen LogP contribution is -2.50. The molecule has 1 aliphatic rings. The number of hydrogen-bond donors (Lipinski definition) is 0. The Morgan fingerprint density at radius 3 is 2.39 bits per heavy atom. The number of carbonyl (C=O) groups is 2. The van der Waals surface area contributed by atoms with Crippen molar-refractivity contribution in [1.29, 1.82) is 0 Å². The van der Waals surface area contributed by atoms with Gasteiger partial charge in [0.25, 0.3) is 5.91 Å². The smallest absolute Gasteiger partial charge is 0.409 e. The lowest BCUT2D eigenvalue weighted by atomic mass is 10.1. The molecule has 10 nitrogen and oxygen atoms in total. The van der Waals surface area contributed by atoms with Crippen LogP contribution < -0.4 is 4.90 Å². The van der Waals surface area contributed by atoms with Gasteiger partial charge in [0, 0.05) is 44.1 Å². The molecular formula is C29H31N5O5S2. The third-order valence-electron chi connectivity index (χ3n) is 7.04. The highest BCUT2D eigenvalue weighted by molar-refractivity contribution is 7.89. The van der Waals surface area contributed by atoms with Crippen LogP contribution in [-0.2, 0) is 21.3 Å². The number of aryl methyl sites for hydroxylation is 2. The highest BCUT2D eigenvalue weighted by atomic mass is 32.2. The molecule has 0 aliphatic carbocycles. The second kappa shape index (κ2) is 11.9. The quantitative estimate of drug-likeness (QED) is 0.307. The predicted molar refractivity (Wildman–Crippen MR) is 158 cm³/mol. The van der Waals surface area contributed by atoms with Crippen molar-refractivity contribution >= 4 is 48.7 Å². The zero-order chi connectivity index (χ0) is 29.1. The van der Waals surface area contributed by atoms with Crippen molar-refractivity contribution in [2.24, 2.45) is 0 Å². The minimum Gasteiger partial charge on any atom is -0.450 e. The van der Waals surface area contributed by atoms with Crippen LogP contribution in [0, 0.1) is 13.8 Å². The number of carbonyl (C=O) groups excluding carboxylic acids is 2. The van der Waals surface area contributed by atoms with E-state index >= 15 is 0 Å². The molecule has 41 heavy (non-hydrogen) atoms. The van der Waals surface area contributed by atoms with Crippen molar-refractivity contribution in [3.8, 4) is 0 Å². The second-order valence-corrected chi connectivity index (χ2v) is 12.7. The summed E-state index contributed by atoms with van der Waals surface area (Å²) in [5, 5.41) is 0.551. The fraction of sp³-hybridized carbons (Fsp3) is 0.310.